The summed E-state index contributed by atoms with van der Waals surface area (Å²) in [6, 6.07) is 13.3. The van der Waals surface area contributed by atoms with Crippen molar-refractivity contribution in [3.63, 3.8) is 0 Å². The maximum Gasteiger partial charge on any atom is 0.255 e. The van der Waals surface area contributed by atoms with Gasteiger partial charge in [-0.2, -0.15) is 0 Å². The van der Waals surface area contributed by atoms with Crippen LogP contribution in [0.3, 0.4) is 0 Å². The second-order valence-corrected chi connectivity index (χ2v) is 7.10. The lowest BCUT2D eigenvalue weighted by atomic mass is 10.1. The van der Waals surface area contributed by atoms with E-state index in [0.717, 1.165) is 11.8 Å². The van der Waals surface area contributed by atoms with Crippen LogP contribution >= 0.6 is 11.3 Å². The molecular formula is C20H20FN3OS. The van der Waals surface area contributed by atoms with Gasteiger partial charge in [0.15, 0.2) is 5.82 Å². The van der Waals surface area contributed by atoms with Crippen molar-refractivity contribution in [2.24, 2.45) is 0 Å². The number of rotatable bonds is 6. The Morgan fingerprint density at radius 2 is 2.15 bits per heavy atom. The highest BCUT2D eigenvalue weighted by molar-refractivity contribution is 7.10. The van der Waals surface area contributed by atoms with Crippen molar-refractivity contribution in [2.75, 3.05) is 12.4 Å². The van der Waals surface area contributed by atoms with Gasteiger partial charge in [-0.3, -0.25) is 14.7 Å². The maximum atomic E-state index is 13.7. The molecule has 1 atom stereocenters. The first kappa shape index (κ1) is 18.2. The topological polar surface area (TPSA) is 45.2 Å². The number of pyridine rings is 1. The smallest absolute Gasteiger partial charge is 0.255 e. The predicted molar refractivity (Wildman–Crippen MR) is 103 cm³/mol. The maximum absolute atomic E-state index is 13.7. The summed E-state index contributed by atoms with van der Waals surface area (Å²) < 4.78 is 13.7. The number of thiophene rings is 1. The third kappa shape index (κ3) is 4.33. The van der Waals surface area contributed by atoms with Gasteiger partial charge in [0.2, 0.25) is 0 Å². The van der Waals surface area contributed by atoms with Crippen LogP contribution in [0.2, 0.25) is 0 Å². The van der Waals surface area contributed by atoms with Crippen molar-refractivity contribution in [2.45, 2.75) is 19.5 Å². The van der Waals surface area contributed by atoms with Gasteiger partial charge < -0.3 is 5.32 Å². The Balaban J connectivity index is 1.69. The molecule has 0 radical (unpaired) electrons. The van der Waals surface area contributed by atoms with Gasteiger partial charge >= 0.3 is 0 Å². The number of hydrogen-bond acceptors (Lipinski definition) is 4. The van der Waals surface area contributed by atoms with Crippen molar-refractivity contribution in [1.29, 1.82) is 0 Å². The fourth-order valence-electron chi connectivity index (χ4n) is 2.65. The van der Waals surface area contributed by atoms with Crippen LogP contribution in [-0.2, 0) is 6.54 Å². The quantitative estimate of drug-likeness (QED) is 0.683. The van der Waals surface area contributed by atoms with Crippen LogP contribution in [0.5, 0.6) is 0 Å². The van der Waals surface area contributed by atoms with Crippen molar-refractivity contribution in [3.05, 3.63) is 82.1 Å². The van der Waals surface area contributed by atoms with Gasteiger partial charge in [0.25, 0.3) is 5.91 Å². The predicted octanol–water partition coefficient (Wildman–Crippen LogP) is 4.73. The highest BCUT2D eigenvalue weighted by Gasteiger charge is 2.14. The number of anilines is 1. The van der Waals surface area contributed by atoms with Gasteiger partial charge in [-0.05, 0) is 49.2 Å². The minimum Gasteiger partial charge on any atom is -0.319 e. The number of nitrogens with one attached hydrogen (secondary N) is 1. The van der Waals surface area contributed by atoms with Crippen LogP contribution in [0.25, 0.3) is 0 Å². The first-order valence-electron chi connectivity index (χ1n) is 8.28. The molecule has 2 heterocycles. The third-order valence-corrected chi connectivity index (χ3v) is 5.30. The van der Waals surface area contributed by atoms with Gasteiger partial charge in [-0.1, -0.05) is 18.2 Å². The molecule has 0 saturated carbocycles. The molecule has 0 aliphatic heterocycles. The van der Waals surface area contributed by atoms with Gasteiger partial charge in [0.1, 0.15) is 0 Å². The fraction of sp³-hybridized carbons (Fsp3) is 0.200. The molecule has 1 N–H and O–H groups in total. The molecule has 3 aromatic rings. The van der Waals surface area contributed by atoms with Crippen LogP contribution in [-0.4, -0.2) is 22.8 Å². The van der Waals surface area contributed by atoms with Crippen molar-refractivity contribution in [1.82, 2.24) is 9.88 Å². The Labute approximate surface area is 156 Å². The Hall–Kier alpha value is -2.57. The lowest BCUT2D eigenvalue weighted by molar-refractivity contribution is 0.102. The largest absolute Gasteiger partial charge is 0.319 e. The molecule has 0 fully saturated rings. The zero-order chi connectivity index (χ0) is 18.5. The summed E-state index contributed by atoms with van der Waals surface area (Å²) in [5, 5.41) is 4.66. The highest BCUT2D eigenvalue weighted by Crippen LogP contribution is 2.25. The molecule has 3 rings (SSSR count). The molecule has 0 aliphatic rings. The summed E-state index contributed by atoms with van der Waals surface area (Å²) in [4.78, 5) is 19.6. The normalized spacial score (nSPS) is 12.2. The second kappa shape index (κ2) is 8.21. The van der Waals surface area contributed by atoms with E-state index in [0.29, 0.717) is 18.2 Å². The molecule has 26 heavy (non-hydrogen) atoms. The fourth-order valence-corrected chi connectivity index (χ4v) is 3.50. The van der Waals surface area contributed by atoms with E-state index >= 15 is 0 Å². The number of halogens is 1. The number of carbonyl (C=O) groups is 1. The molecular weight excluding hydrogens is 349 g/mol. The van der Waals surface area contributed by atoms with Crippen LogP contribution < -0.4 is 5.32 Å². The molecule has 6 heteroatoms. The van der Waals surface area contributed by atoms with Gasteiger partial charge in [0, 0.05) is 29.2 Å². The average molecular weight is 369 g/mol. The van der Waals surface area contributed by atoms with E-state index in [2.05, 4.69) is 40.6 Å². The third-order valence-electron chi connectivity index (χ3n) is 4.26. The summed E-state index contributed by atoms with van der Waals surface area (Å²) in [7, 11) is 2.06. The summed E-state index contributed by atoms with van der Waals surface area (Å²) in [5.41, 5.74) is 1.65. The second-order valence-electron chi connectivity index (χ2n) is 6.12. The summed E-state index contributed by atoms with van der Waals surface area (Å²) >= 11 is 1.73. The van der Waals surface area contributed by atoms with Crippen molar-refractivity contribution >= 4 is 22.9 Å². The molecule has 0 saturated heterocycles. The molecule has 4 nitrogen and oxygen atoms in total. The minimum absolute atomic E-state index is 0.124. The minimum atomic E-state index is -0.554. The number of amides is 1. The average Bonchev–Trinajstić information content (AvgIpc) is 3.18. The van der Waals surface area contributed by atoms with Crippen LogP contribution in [0.1, 0.15) is 33.8 Å². The molecule has 1 amide bonds. The van der Waals surface area contributed by atoms with E-state index in [-0.39, 0.29) is 11.6 Å². The lowest BCUT2D eigenvalue weighted by Gasteiger charge is -2.24. The van der Waals surface area contributed by atoms with Crippen molar-refractivity contribution in [3.8, 4) is 0 Å². The van der Waals surface area contributed by atoms with E-state index in [1.165, 1.54) is 17.1 Å². The van der Waals surface area contributed by atoms with Crippen LogP contribution in [0.4, 0.5) is 10.1 Å². The van der Waals surface area contributed by atoms with E-state index in [1.807, 2.05) is 24.3 Å². The Morgan fingerprint density at radius 1 is 1.31 bits per heavy atom. The first-order valence-corrected chi connectivity index (χ1v) is 9.16. The number of carbonyl (C=O) groups excluding carboxylic acids is 1. The van der Waals surface area contributed by atoms with E-state index < -0.39 is 5.82 Å². The molecule has 0 unspecified atom stereocenters. The van der Waals surface area contributed by atoms with E-state index in [1.54, 1.807) is 17.4 Å². The number of nitrogens with zero attached hydrogens (tertiary/aromatic N) is 2. The number of aromatic nitrogens is 1. The van der Waals surface area contributed by atoms with Gasteiger partial charge in [-0.15, -0.1) is 11.3 Å². The van der Waals surface area contributed by atoms with Crippen molar-refractivity contribution < 1.29 is 9.18 Å². The lowest BCUT2D eigenvalue weighted by Crippen LogP contribution is -2.21. The Morgan fingerprint density at radius 3 is 2.88 bits per heavy atom. The summed E-state index contributed by atoms with van der Waals surface area (Å²) in [5.74, 6) is -0.896. The first-order chi connectivity index (χ1) is 12.5. The zero-order valence-electron chi connectivity index (χ0n) is 14.6. The van der Waals surface area contributed by atoms with E-state index in [9.17, 15) is 9.18 Å². The number of hydrogen-bond donors (Lipinski definition) is 1. The molecule has 2 aromatic heterocycles. The molecule has 0 bridgehead atoms. The standard InChI is InChI=1S/C20H20FN3OS/c1-14(19-7-4-10-26-19)24(2)13-15-5-3-6-16(11-15)20(25)23-18-8-9-22-12-17(18)21/h3-12,14H,13H2,1-2H3,(H,22,23,25)/t14-/m1/s1. The van der Waals surface area contributed by atoms with Crippen LogP contribution in [0, 0.1) is 5.82 Å². The molecule has 1 aromatic carbocycles. The molecule has 134 valence electrons. The molecule has 0 aliphatic carbocycles. The molecule has 0 spiro atoms. The number of benzene rings is 1. The highest BCUT2D eigenvalue weighted by atomic mass is 32.1. The Bertz CT molecular complexity index is 882. The SMILES string of the molecule is C[C@H](c1cccs1)N(C)Cc1cccc(C(=O)Nc2ccncc2F)c1. The zero-order valence-corrected chi connectivity index (χ0v) is 15.5. The van der Waals surface area contributed by atoms with E-state index in [4.69, 9.17) is 0 Å². The Kier molecular flexibility index (Phi) is 5.75. The van der Waals surface area contributed by atoms with Gasteiger partial charge in [0.05, 0.1) is 11.9 Å². The summed E-state index contributed by atoms with van der Waals surface area (Å²) in [6.07, 6.45) is 2.52. The monoisotopic (exact) mass is 369 g/mol. The van der Waals surface area contributed by atoms with Crippen LogP contribution in [0.15, 0.2) is 60.2 Å². The van der Waals surface area contributed by atoms with Gasteiger partial charge in [-0.25, -0.2) is 4.39 Å². The summed E-state index contributed by atoms with van der Waals surface area (Å²) in [6.45, 7) is 2.87.